The molecule has 2 aromatic carbocycles. The van der Waals surface area contributed by atoms with Crippen LogP contribution in [-0.2, 0) is 16.1 Å². The first-order valence-corrected chi connectivity index (χ1v) is 8.30. The van der Waals surface area contributed by atoms with Gasteiger partial charge in [0.2, 0.25) is 0 Å². The van der Waals surface area contributed by atoms with Crippen LogP contribution in [0, 0.1) is 10.1 Å². The number of rotatable bonds is 4. The lowest BCUT2D eigenvalue weighted by atomic mass is 10.2. The molecular formula is C17H13N3O5S. The van der Waals surface area contributed by atoms with Crippen molar-refractivity contribution in [2.24, 2.45) is 4.99 Å². The van der Waals surface area contributed by atoms with Crippen LogP contribution >= 0.6 is 11.3 Å². The summed E-state index contributed by atoms with van der Waals surface area (Å²) in [5.41, 5.74) is 0.652. The molecule has 3 rings (SSSR count). The highest BCUT2D eigenvalue weighted by molar-refractivity contribution is 7.16. The zero-order chi connectivity index (χ0) is 18.7. The van der Waals surface area contributed by atoms with E-state index in [1.807, 2.05) is 24.3 Å². The number of esters is 1. The fourth-order valence-corrected chi connectivity index (χ4v) is 3.38. The summed E-state index contributed by atoms with van der Waals surface area (Å²) in [7, 11) is 1.28. The zero-order valence-corrected chi connectivity index (χ0v) is 14.4. The summed E-state index contributed by atoms with van der Waals surface area (Å²) >= 11 is 1.24. The minimum absolute atomic E-state index is 0.0957. The van der Waals surface area contributed by atoms with E-state index in [1.54, 1.807) is 4.57 Å². The summed E-state index contributed by atoms with van der Waals surface area (Å²) in [5.74, 6) is -1.10. The Morgan fingerprint density at radius 3 is 2.73 bits per heavy atom. The molecule has 0 atom stereocenters. The number of carbonyl (C=O) groups excluding carboxylic acids is 2. The molecule has 26 heavy (non-hydrogen) atoms. The van der Waals surface area contributed by atoms with Crippen molar-refractivity contribution >= 4 is 39.1 Å². The maximum atomic E-state index is 12.5. The van der Waals surface area contributed by atoms with E-state index >= 15 is 0 Å². The van der Waals surface area contributed by atoms with Gasteiger partial charge in [0.15, 0.2) is 4.80 Å². The lowest BCUT2D eigenvalue weighted by Crippen LogP contribution is -2.22. The van der Waals surface area contributed by atoms with E-state index in [4.69, 9.17) is 4.74 Å². The van der Waals surface area contributed by atoms with E-state index in [0.29, 0.717) is 4.80 Å². The van der Waals surface area contributed by atoms with Gasteiger partial charge in [-0.15, -0.1) is 0 Å². The SMILES string of the molecule is COC(=O)Cn1c(=NC(=O)c2cccc([N+](=O)[O-])c2)sc2ccccc21. The number of fused-ring (bicyclic) bond motifs is 1. The molecule has 9 heteroatoms. The van der Waals surface area contributed by atoms with Crippen molar-refractivity contribution in [1.29, 1.82) is 0 Å². The average molecular weight is 371 g/mol. The molecule has 1 aromatic heterocycles. The first-order chi connectivity index (χ1) is 12.5. The second-order valence-electron chi connectivity index (χ2n) is 5.24. The van der Waals surface area contributed by atoms with Crippen molar-refractivity contribution in [3.8, 4) is 0 Å². The van der Waals surface area contributed by atoms with Crippen molar-refractivity contribution < 1.29 is 19.2 Å². The number of aromatic nitrogens is 1. The maximum Gasteiger partial charge on any atom is 0.325 e. The highest BCUT2D eigenvalue weighted by atomic mass is 32.1. The minimum Gasteiger partial charge on any atom is -0.468 e. The van der Waals surface area contributed by atoms with E-state index in [9.17, 15) is 19.7 Å². The van der Waals surface area contributed by atoms with Gasteiger partial charge < -0.3 is 9.30 Å². The Kier molecular flexibility index (Phi) is 4.90. The lowest BCUT2D eigenvalue weighted by Gasteiger charge is -2.03. The van der Waals surface area contributed by atoms with Crippen LogP contribution in [0.4, 0.5) is 5.69 Å². The molecule has 0 unspecified atom stereocenters. The van der Waals surface area contributed by atoms with Crippen LogP contribution in [-0.4, -0.2) is 28.5 Å². The molecule has 0 fully saturated rings. The minimum atomic E-state index is -0.626. The molecule has 0 aliphatic heterocycles. The number of nitro benzene ring substituents is 1. The smallest absolute Gasteiger partial charge is 0.325 e. The standard InChI is InChI=1S/C17H13N3O5S/c1-25-15(21)10-19-13-7-2-3-8-14(13)26-17(19)18-16(22)11-5-4-6-12(9-11)20(23)24/h2-9H,10H2,1H3. The van der Waals surface area contributed by atoms with Crippen LogP contribution < -0.4 is 4.80 Å². The lowest BCUT2D eigenvalue weighted by molar-refractivity contribution is -0.384. The van der Waals surface area contributed by atoms with E-state index in [2.05, 4.69) is 4.99 Å². The molecule has 0 saturated heterocycles. The Bertz CT molecular complexity index is 1080. The van der Waals surface area contributed by atoms with Gasteiger partial charge in [0.25, 0.3) is 11.6 Å². The van der Waals surface area contributed by atoms with Crippen molar-refractivity contribution in [1.82, 2.24) is 4.57 Å². The zero-order valence-electron chi connectivity index (χ0n) is 13.6. The monoisotopic (exact) mass is 371 g/mol. The van der Waals surface area contributed by atoms with Gasteiger partial charge >= 0.3 is 5.97 Å². The van der Waals surface area contributed by atoms with E-state index < -0.39 is 16.8 Å². The number of amides is 1. The van der Waals surface area contributed by atoms with Gasteiger partial charge in [-0.05, 0) is 18.2 Å². The Labute approximate surface area is 151 Å². The number of nitro groups is 1. The summed E-state index contributed by atoms with van der Waals surface area (Å²) in [6.45, 7) is -0.0957. The normalized spacial score (nSPS) is 11.5. The fraction of sp³-hybridized carbons (Fsp3) is 0.118. The Hall–Kier alpha value is -3.33. The maximum absolute atomic E-state index is 12.5. The molecule has 0 spiro atoms. The van der Waals surface area contributed by atoms with Crippen LogP contribution in [0.3, 0.4) is 0 Å². The van der Waals surface area contributed by atoms with Gasteiger partial charge in [-0.1, -0.05) is 29.5 Å². The number of hydrogen-bond donors (Lipinski definition) is 0. The van der Waals surface area contributed by atoms with Crippen molar-refractivity contribution in [3.05, 3.63) is 69.0 Å². The quantitative estimate of drug-likeness (QED) is 0.398. The number of thiazole rings is 1. The molecule has 0 aliphatic carbocycles. The van der Waals surface area contributed by atoms with Crippen molar-refractivity contribution in [2.45, 2.75) is 6.54 Å². The van der Waals surface area contributed by atoms with Gasteiger partial charge in [0, 0.05) is 17.7 Å². The molecule has 0 saturated carbocycles. The number of benzene rings is 2. The summed E-state index contributed by atoms with van der Waals surface area (Å²) in [4.78, 5) is 38.8. The number of non-ortho nitro benzene ring substituents is 1. The Morgan fingerprint density at radius 2 is 2.00 bits per heavy atom. The largest absolute Gasteiger partial charge is 0.468 e. The van der Waals surface area contributed by atoms with Gasteiger partial charge in [0.05, 0.1) is 22.2 Å². The summed E-state index contributed by atoms with van der Waals surface area (Å²) in [6, 6.07) is 12.7. The molecule has 0 radical (unpaired) electrons. The van der Waals surface area contributed by atoms with Gasteiger partial charge in [-0.3, -0.25) is 19.7 Å². The predicted molar refractivity (Wildman–Crippen MR) is 94.8 cm³/mol. The fourth-order valence-electron chi connectivity index (χ4n) is 2.36. The van der Waals surface area contributed by atoms with E-state index in [-0.39, 0.29) is 17.8 Å². The first kappa shape index (κ1) is 17.5. The highest BCUT2D eigenvalue weighted by Gasteiger charge is 2.14. The summed E-state index contributed by atoms with van der Waals surface area (Å²) in [6.07, 6.45) is 0. The van der Waals surface area contributed by atoms with Crippen LogP contribution in [0.15, 0.2) is 53.5 Å². The molecule has 0 N–H and O–H groups in total. The molecule has 3 aromatic rings. The van der Waals surface area contributed by atoms with Crippen LogP contribution in [0.1, 0.15) is 10.4 Å². The summed E-state index contributed by atoms with van der Waals surface area (Å²) in [5, 5.41) is 10.9. The molecular weight excluding hydrogens is 358 g/mol. The number of para-hydroxylation sites is 1. The highest BCUT2D eigenvalue weighted by Crippen LogP contribution is 2.18. The van der Waals surface area contributed by atoms with E-state index in [1.165, 1.54) is 42.7 Å². The Balaban J connectivity index is 2.10. The molecule has 1 amide bonds. The molecule has 0 bridgehead atoms. The number of carbonyl (C=O) groups is 2. The number of ether oxygens (including phenoxy) is 1. The third-order valence-corrected chi connectivity index (χ3v) is 4.66. The second-order valence-corrected chi connectivity index (χ2v) is 6.25. The third kappa shape index (κ3) is 3.52. The average Bonchev–Trinajstić information content (AvgIpc) is 2.98. The molecule has 8 nitrogen and oxygen atoms in total. The van der Waals surface area contributed by atoms with Gasteiger partial charge in [0.1, 0.15) is 6.54 Å². The number of hydrogen-bond acceptors (Lipinski definition) is 6. The van der Waals surface area contributed by atoms with E-state index in [0.717, 1.165) is 10.2 Å². The van der Waals surface area contributed by atoms with Crippen molar-refractivity contribution in [2.75, 3.05) is 7.11 Å². The molecule has 0 aliphatic rings. The van der Waals surface area contributed by atoms with Crippen LogP contribution in [0.25, 0.3) is 10.2 Å². The van der Waals surface area contributed by atoms with Crippen molar-refractivity contribution in [3.63, 3.8) is 0 Å². The number of nitrogens with zero attached hydrogens (tertiary/aromatic N) is 3. The topological polar surface area (TPSA) is 104 Å². The summed E-state index contributed by atoms with van der Waals surface area (Å²) < 4.78 is 7.14. The molecule has 132 valence electrons. The third-order valence-electron chi connectivity index (χ3n) is 3.60. The Morgan fingerprint density at radius 1 is 1.23 bits per heavy atom. The number of methoxy groups -OCH3 is 1. The van der Waals surface area contributed by atoms with Gasteiger partial charge in [-0.25, -0.2) is 0 Å². The van der Waals surface area contributed by atoms with Gasteiger partial charge in [-0.2, -0.15) is 4.99 Å². The predicted octanol–water partition coefficient (Wildman–Crippen LogP) is 2.53. The first-order valence-electron chi connectivity index (χ1n) is 7.48. The second kappa shape index (κ2) is 7.28. The van der Waals surface area contributed by atoms with Crippen LogP contribution in [0.5, 0.6) is 0 Å². The molecule has 1 heterocycles. The van der Waals surface area contributed by atoms with Crippen LogP contribution in [0.2, 0.25) is 0 Å².